The summed E-state index contributed by atoms with van der Waals surface area (Å²) >= 11 is 0. The second-order valence-electron chi connectivity index (χ2n) is 3.75. The highest BCUT2D eigenvalue weighted by Gasteiger charge is 2.02. The predicted molar refractivity (Wildman–Crippen MR) is 60.6 cm³/mol. The molecule has 72 valence electrons. The Kier molecular flexibility index (Phi) is 2.24. The molecule has 0 aliphatic carbocycles. The van der Waals surface area contributed by atoms with Crippen LogP contribution in [0.15, 0.2) is 24.3 Å². The Hall–Kier alpha value is -1.37. The van der Waals surface area contributed by atoms with Crippen LogP contribution in [0.25, 0.3) is 10.9 Å². The van der Waals surface area contributed by atoms with Gasteiger partial charge in [-0.2, -0.15) is 0 Å². The molecule has 2 rings (SSSR count). The van der Waals surface area contributed by atoms with Crippen LogP contribution >= 0.6 is 0 Å². The van der Waals surface area contributed by atoms with Gasteiger partial charge in [-0.25, -0.2) is 0 Å². The van der Waals surface area contributed by atoms with E-state index in [-0.39, 0.29) is 0 Å². The van der Waals surface area contributed by atoms with Gasteiger partial charge in [0, 0.05) is 11.1 Å². The quantitative estimate of drug-likeness (QED) is 0.663. The number of pyridine rings is 1. The normalized spacial score (nSPS) is 10.8. The number of hydrogen-bond donors (Lipinski definition) is 0. The van der Waals surface area contributed by atoms with Crippen LogP contribution in [0.1, 0.15) is 23.7 Å². The second-order valence-corrected chi connectivity index (χ2v) is 3.75. The van der Waals surface area contributed by atoms with Crippen molar-refractivity contribution in [2.75, 3.05) is 0 Å². The van der Waals surface area contributed by atoms with Crippen LogP contribution in [0, 0.1) is 13.8 Å². The molecule has 0 amide bonds. The number of hydrogen-bond acceptors (Lipinski definition) is 1. The smallest absolute Gasteiger partial charge is 0.0708 e. The van der Waals surface area contributed by atoms with Crippen molar-refractivity contribution in [3.63, 3.8) is 0 Å². The Bertz CT molecular complexity index is 472. The van der Waals surface area contributed by atoms with Crippen LogP contribution in [-0.4, -0.2) is 4.98 Å². The lowest BCUT2D eigenvalue weighted by Crippen LogP contribution is -1.93. The molecule has 0 fully saturated rings. The number of benzene rings is 1. The van der Waals surface area contributed by atoms with E-state index in [0.29, 0.717) is 0 Å². The van der Waals surface area contributed by atoms with Crippen LogP contribution in [0.4, 0.5) is 0 Å². The standard InChI is InChI=1S/C13H15N/c1-4-12-10(3)8-11-9(2)6-5-7-13(11)14-12/h5-8H,4H2,1-3H3. The molecule has 0 spiro atoms. The highest BCUT2D eigenvalue weighted by atomic mass is 14.7. The summed E-state index contributed by atoms with van der Waals surface area (Å²) in [5, 5.41) is 1.28. The predicted octanol–water partition coefficient (Wildman–Crippen LogP) is 3.41. The first-order chi connectivity index (χ1) is 6.72. The van der Waals surface area contributed by atoms with Gasteiger partial charge < -0.3 is 0 Å². The third-order valence-corrected chi connectivity index (χ3v) is 2.71. The van der Waals surface area contributed by atoms with Crippen molar-refractivity contribution < 1.29 is 0 Å². The third-order valence-electron chi connectivity index (χ3n) is 2.71. The Morgan fingerprint density at radius 2 is 1.93 bits per heavy atom. The van der Waals surface area contributed by atoms with Gasteiger partial charge >= 0.3 is 0 Å². The van der Waals surface area contributed by atoms with Crippen molar-refractivity contribution in [3.05, 3.63) is 41.1 Å². The molecule has 2 aromatic rings. The third kappa shape index (κ3) is 1.39. The van der Waals surface area contributed by atoms with Gasteiger partial charge in [-0.05, 0) is 43.5 Å². The molecule has 0 saturated carbocycles. The lowest BCUT2D eigenvalue weighted by molar-refractivity contribution is 1.03. The lowest BCUT2D eigenvalue weighted by Gasteiger charge is -2.06. The molecule has 1 nitrogen and oxygen atoms in total. The first kappa shape index (κ1) is 9.20. The molecule has 0 bridgehead atoms. The molecule has 14 heavy (non-hydrogen) atoms. The van der Waals surface area contributed by atoms with Crippen molar-refractivity contribution in [2.45, 2.75) is 27.2 Å². The molecule has 0 aliphatic heterocycles. The first-order valence-corrected chi connectivity index (χ1v) is 5.08. The van der Waals surface area contributed by atoms with E-state index in [4.69, 9.17) is 0 Å². The Morgan fingerprint density at radius 1 is 1.14 bits per heavy atom. The van der Waals surface area contributed by atoms with Gasteiger partial charge in [0.1, 0.15) is 0 Å². The van der Waals surface area contributed by atoms with Gasteiger partial charge in [0.15, 0.2) is 0 Å². The van der Waals surface area contributed by atoms with Gasteiger partial charge in [0.25, 0.3) is 0 Å². The summed E-state index contributed by atoms with van der Waals surface area (Å²) in [5.74, 6) is 0. The molecule has 1 heterocycles. The van der Waals surface area contributed by atoms with Crippen molar-refractivity contribution in [1.82, 2.24) is 4.98 Å². The molecule has 1 aromatic heterocycles. The Balaban J connectivity index is 2.79. The fraction of sp³-hybridized carbons (Fsp3) is 0.308. The summed E-state index contributed by atoms with van der Waals surface area (Å²) in [6, 6.07) is 8.53. The summed E-state index contributed by atoms with van der Waals surface area (Å²) in [7, 11) is 0. The van der Waals surface area contributed by atoms with Crippen LogP contribution in [0.3, 0.4) is 0 Å². The van der Waals surface area contributed by atoms with E-state index in [2.05, 4.69) is 50.0 Å². The largest absolute Gasteiger partial charge is 0.253 e. The zero-order chi connectivity index (χ0) is 10.1. The van der Waals surface area contributed by atoms with E-state index in [1.807, 2.05) is 0 Å². The minimum absolute atomic E-state index is 1.01. The van der Waals surface area contributed by atoms with Gasteiger partial charge in [0.2, 0.25) is 0 Å². The monoisotopic (exact) mass is 185 g/mol. The molecule has 0 unspecified atom stereocenters. The van der Waals surface area contributed by atoms with E-state index in [0.717, 1.165) is 11.9 Å². The fourth-order valence-electron chi connectivity index (χ4n) is 1.84. The SMILES string of the molecule is CCc1nc2cccc(C)c2cc1C. The maximum absolute atomic E-state index is 4.65. The van der Waals surface area contributed by atoms with E-state index in [1.54, 1.807) is 0 Å². The zero-order valence-corrected chi connectivity index (χ0v) is 8.96. The molecule has 0 aliphatic rings. The average molecular weight is 185 g/mol. The minimum Gasteiger partial charge on any atom is -0.253 e. The second kappa shape index (κ2) is 3.41. The van der Waals surface area contributed by atoms with E-state index in [9.17, 15) is 0 Å². The minimum atomic E-state index is 1.01. The Morgan fingerprint density at radius 3 is 2.64 bits per heavy atom. The van der Waals surface area contributed by atoms with Gasteiger partial charge in [-0.15, -0.1) is 0 Å². The summed E-state index contributed by atoms with van der Waals surface area (Å²) in [6.07, 6.45) is 1.01. The van der Waals surface area contributed by atoms with Crippen molar-refractivity contribution in [2.24, 2.45) is 0 Å². The summed E-state index contributed by atoms with van der Waals surface area (Å²) < 4.78 is 0. The zero-order valence-electron chi connectivity index (χ0n) is 8.96. The molecule has 1 heteroatoms. The topological polar surface area (TPSA) is 12.9 Å². The number of aryl methyl sites for hydroxylation is 3. The van der Waals surface area contributed by atoms with Gasteiger partial charge in [0.05, 0.1) is 5.52 Å². The maximum atomic E-state index is 4.65. The first-order valence-electron chi connectivity index (χ1n) is 5.08. The van der Waals surface area contributed by atoms with Gasteiger partial charge in [-0.1, -0.05) is 19.1 Å². The van der Waals surface area contributed by atoms with Crippen LogP contribution in [-0.2, 0) is 6.42 Å². The molecule has 0 saturated heterocycles. The highest BCUT2D eigenvalue weighted by Crippen LogP contribution is 2.19. The van der Waals surface area contributed by atoms with E-state index in [1.165, 1.54) is 22.2 Å². The molecule has 0 radical (unpaired) electrons. The molecule has 0 atom stereocenters. The lowest BCUT2D eigenvalue weighted by atomic mass is 10.1. The average Bonchev–Trinajstić information content (AvgIpc) is 2.19. The number of rotatable bonds is 1. The van der Waals surface area contributed by atoms with Crippen molar-refractivity contribution in [3.8, 4) is 0 Å². The number of aromatic nitrogens is 1. The maximum Gasteiger partial charge on any atom is 0.0708 e. The van der Waals surface area contributed by atoms with Crippen molar-refractivity contribution >= 4 is 10.9 Å². The molecular formula is C13H15N. The molecule has 1 aromatic carbocycles. The summed E-state index contributed by atoms with van der Waals surface area (Å²) in [4.78, 5) is 4.65. The number of nitrogens with zero attached hydrogens (tertiary/aromatic N) is 1. The van der Waals surface area contributed by atoms with E-state index >= 15 is 0 Å². The molecular weight excluding hydrogens is 170 g/mol. The molecule has 0 N–H and O–H groups in total. The number of fused-ring (bicyclic) bond motifs is 1. The Labute approximate surface area is 84.8 Å². The summed E-state index contributed by atoms with van der Waals surface area (Å²) in [5.41, 5.74) is 4.94. The van der Waals surface area contributed by atoms with Crippen molar-refractivity contribution in [1.29, 1.82) is 0 Å². The van der Waals surface area contributed by atoms with Crippen LogP contribution in [0.5, 0.6) is 0 Å². The van der Waals surface area contributed by atoms with Crippen LogP contribution in [0.2, 0.25) is 0 Å². The fourth-order valence-corrected chi connectivity index (χ4v) is 1.84. The van der Waals surface area contributed by atoms with Crippen LogP contribution < -0.4 is 0 Å². The van der Waals surface area contributed by atoms with Gasteiger partial charge in [-0.3, -0.25) is 4.98 Å². The van der Waals surface area contributed by atoms with E-state index < -0.39 is 0 Å². The highest BCUT2D eigenvalue weighted by molar-refractivity contribution is 5.82. The summed E-state index contributed by atoms with van der Waals surface area (Å²) in [6.45, 7) is 6.42.